The second kappa shape index (κ2) is 5.36. The van der Waals surface area contributed by atoms with Crippen LogP contribution in [0.3, 0.4) is 0 Å². The Bertz CT molecular complexity index is 582. The van der Waals surface area contributed by atoms with E-state index in [1.807, 2.05) is 18.0 Å². The topological polar surface area (TPSA) is 32.8 Å². The zero-order valence-corrected chi connectivity index (χ0v) is 13.3. The number of amides is 1. The molecule has 1 atom stereocenters. The van der Waals surface area contributed by atoms with Crippen LogP contribution < -0.4 is 4.90 Å². The molecule has 4 heteroatoms. The summed E-state index contributed by atoms with van der Waals surface area (Å²) in [4.78, 5) is 17.3. The molecule has 0 saturated carbocycles. The third-order valence-electron chi connectivity index (χ3n) is 5.70. The number of nitrogens with zero attached hydrogens (tertiary/aromatic N) is 2. The lowest BCUT2D eigenvalue weighted by atomic mass is 9.81. The van der Waals surface area contributed by atoms with Gasteiger partial charge in [0, 0.05) is 39.0 Å². The standard InChI is InChI=1S/C18H24N2O2/c1-19-16-5-3-2-4-15(16)18(17(19)21)8-9-20(13-18)12-14-6-10-22-11-7-14/h2-5,14H,6-13H2,1H3. The molecule has 3 aliphatic heterocycles. The molecule has 1 aromatic carbocycles. The smallest absolute Gasteiger partial charge is 0.238 e. The molecule has 2 saturated heterocycles. The van der Waals surface area contributed by atoms with Crippen molar-refractivity contribution in [3.63, 3.8) is 0 Å². The number of likely N-dealkylation sites (N-methyl/N-ethyl adjacent to an activating group) is 1. The van der Waals surface area contributed by atoms with E-state index >= 15 is 0 Å². The van der Waals surface area contributed by atoms with Gasteiger partial charge in [0.25, 0.3) is 0 Å². The largest absolute Gasteiger partial charge is 0.381 e. The maximum atomic E-state index is 12.9. The fourth-order valence-corrected chi connectivity index (χ4v) is 4.45. The first-order valence-corrected chi connectivity index (χ1v) is 8.38. The van der Waals surface area contributed by atoms with Crippen molar-refractivity contribution in [3.05, 3.63) is 29.8 Å². The van der Waals surface area contributed by atoms with Crippen LogP contribution >= 0.6 is 0 Å². The van der Waals surface area contributed by atoms with E-state index < -0.39 is 0 Å². The van der Waals surface area contributed by atoms with Crippen LogP contribution in [-0.2, 0) is 14.9 Å². The molecule has 1 amide bonds. The fourth-order valence-electron chi connectivity index (χ4n) is 4.45. The first-order valence-electron chi connectivity index (χ1n) is 8.38. The highest BCUT2D eigenvalue weighted by atomic mass is 16.5. The Labute approximate surface area is 132 Å². The third kappa shape index (κ3) is 2.09. The van der Waals surface area contributed by atoms with Crippen LogP contribution in [-0.4, -0.2) is 50.7 Å². The Morgan fingerprint density at radius 3 is 2.86 bits per heavy atom. The second-order valence-corrected chi connectivity index (χ2v) is 7.00. The number of hydrogen-bond donors (Lipinski definition) is 0. The maximum absolute atomic E-state index is 12.9. The highest BCUT2D eigenvalue weighted by molar-refractivity contribution is 6.08. The number of fused-ring (bicyclic) bond motifs is 2. The average Bonchev–Trinajstić information content (AvgIpc) is 3.07. The van der Waals surface area contributed by atoms with Gasteiger partial charge in [-0.25, -0.2) is 0 Å². The van der Waals surface area contributed by atoms with Crippen LogP contribution in [0.2, 0.25) is 0 Å². The predicted octanol–water partition coefficient (Wildman–Crippen LogP) is 2.03. The van der Waals surface area contributed by atoms with Gasteiger partial charge in [0.2, 0.25) is 5.91 Å². The maximum Gasteiger partial charge on any atom is 0.238 e. The lowest BCUT2D eigenvalue weighted by Gasteiger charge is -2.28. The summed E-state index contributed by atoms with van der Waals surface area (Å²) in [5.74, 6) is 1.01. The molecule has 3 heterocycles. The summed E-state index contributed by atoms with van der Waals surface area (Å²) in [5.41, 5.74) is 2.04. The van der Waals surface area contributed by atoms with Crippen molar-refractivity contribution in [1.29, 1.82) is 0 Å². The molecule has 0 aliphatic carbocycles. The molecule has 0 aromatic heterocycles. The van der Waals surface area contributed by atoms with E-state index in [1.165, 1.54) is 5.56 Å². The number of carbonyl (C=O) groups is 1. The molecule has 1 spiro atoms. The zero-order valence-electron chi connectivity index (χ0n) is 13.3. The van der Waals surface area contributed by atoms with Crippen LogP contribution in [0.5, 0.6) is 0 Å². The molecule has 0 N–H and O–H groups in total. The number of ether oxygens (including phenoxy) is 1. The number of rotatable bonds is 2. The predicted molar refractivity (Wildman–Crippen MR) is 86.1 cm³/mol. The minimum atomic E-state index is -0.295. The summed E-state index contributed by atoms with van der Waals surface area (Å²) >= 11 is 0. The molecular weight excluding hydrogens is 276 g/mol. The van der Waals surface area contributed by atoms with Gasteiger partial charge >= 0.3 is 0 Å². The van der Waals surface area contributed by atoms with Crippen molar-refractivity contribution < 1.29 is 9.53 Å². The van der Waals surface area contributed by atoms with Crippen LogP contribution in [0, 0.1) is 5.92 Å². The molecule has 3 aliphatic rings. The summed E-state index contributed by atoms with van der Waals surface area (Å²) in [5, 5.41) is 0. The molecule has 4 nitrogen and oxygen atoms in total. The fraction of sp³-hybridized carbons (Fsp3) is 0.611. The van der Waals surface area contributed by atoms with Gasteiger partial charge < -0.3 is 14.5 Å². The van der Waals surface area contributed by atoms with Gasteiger partial charge in [0.15, 0.2) is 0 Å². The quantitative estimate of drug-likeness (QED) is 0.838. The highest BCUT2D eigenvalue weighted by Crippen LogP contribution is 2.46. The molecular formula is C18H24N2O2. The van der Waals surface area contributed by atoms with E-state index in [2.05, 4.69) is 23.1 Å². The number of para-hydroxylation sites is 1. The van der Waals surface area contributed by atoms with Crippen molar-refractivity contribution in [2.75, 3.05) is 44.8 Å². The van der Waals surface area contributed by atoms with E-state index in [0.717, 1.165) is 63.7 Å². The first-order chi connectivity index (χ1) is 10.7. The Balaban J connectivity index is 1.55. The Kier molecular flexibility index (Phi) is 3.46. The van der Waals surface area contributed by atoms with Crippen LogP contribution in [0.25, 0.3) is 0 Å². The van der Waals surface area contributed by atoms with Crippen LogP contribution in [0.1, 0.15) is 24.8 Å². The summed E-state index contributed by atoms with van der Waals surface area (Å²) in [6, 6.07) is 8.31. The molecule has 1 unspecified atom stereocenters. The van der Waals surface area contributed by atoms with E-state index in [4.69, 9.17) is 4.74 Å². The first kappa shape index (κ1) is 14.2. The van der Waals surface area contributed by atoms with E-state index in [0.29, 0.717) is 0 Å². The summed E-state index contributed by atoms with van der Waals surface area (Å²) in [6.45, 7) is 4.82. The van der Waals surface area contributed by atoms with Gasteiger partial charge in [-0.3, -0.25) is 4.79 Å². The molecule has 22 heavy (non-hydrogen) atoms. The number of benzene rings is 1. The Morgan fingerprint density at radius 1 is 1.27 bits per heavy atom. The van der Waals surface area contributed by atoms with Crippen molar-refractivity contribution in [1.82, 2.24) is 4.90 Å². The summed E-state index contributed by atoms with van der Waals surface area (Å²) < 4.78 is 5.46. The lowest BCUT2D eigenvalue weighted by molar-refractivity contribution is -0.122. The van der Waals surface area contributed by atoms with Gasteiger partial charge in [-0.1, -0.05) is 18.2 Å². The van der Waals surface area contributed by atoms with Crippen molar-refractivity contribution in [2.24, 2.45) is 5.92 Å². The number of likely N-dealkylation sites (tertiary alicyclic amines) is 1. The van der Waals surface area contributed by atoms with Gasteiger partial charge in [0.1, 0.15) is 0 Å². The zero-order chi connectivity index (χ0) is 15.2. The van der Waals surface area contributed by atoms with Gasteiger partial charge in [-0.05, 0) is 43.4 Å². The molecule has 1 aromatic rings. The number of carbonyl (C=O) groups excluding carboxylic acids is 1. The van der Waals surface area contributed by atoms with E-state index in [9.17, 15) is 4.79 Å². The van der Waals surface area contributed by atoms with Crippen LogP contribution in [0.15, 0.2) is 24.3 Å². The molecule has 0 bridgehead atoms. The number of anilines is 1. The van der Waals surface area contributed by atoms with Crippen molar-refractivity contribution >= 4 is 11.6 Å². The highest BCUT2D eigenvalue weighted by Gasteiger charge is 2.53. The second-order valence-electron chi connectivity index (χ2n) is 7.00. The van der Waals surface area contributed by atoms with Crippen LogP contribution in [0.4, 0.5) is 5.69 Å². The minimum Gasteiger partial charge on any atom is -0.381 e. The van der Waals surface area contributed by atoms with Crippen molar-refractivity contribution in [3.8, 4) is 0 Å². The monoisotopic (exact) mass is 300 g/mol. The molecule has 2 fully saturated rings. The summed E-state index contributed by atoms with van der Waals surface area (Å²) in [7, 11) is 1.91. The lowest BCUT2D eigenvalue weighted by Crippen LogP contribution is -2.42. The van der Waals surface area contributed by atoms with Gasteiger partial charge in [0.05, 0.1) is 5.41 Å². The minimum absolute atomic E-state index is 0.281. The molecule has 118 valence electrons. The van der Waals surface area contributed by atoms with E-state index in [-0.39, 0.29) is 11.3 Å². The van der Waals surface area contributed by atoms with Gasteiger partial charge in [-0.2, -0.15) is 0 Å². The Morgan fingerprint density at radius 2 is 2.05 bits per heavy atom. The third-order valence-corrected chi connectivity index (χ3v) is 5.70. The van der Waals surface area contributed by atoms with Gasteiger partial charge in [-0.15, -0.1) is 0 Å². The normalized spacial score (nSPS) is 29.5. The Hall–Kier alpha value is -1.39. The SMILES string of the molecule is CN1C(=O)C2(CCN(CC3CCOCC3)C2)c2ccccc21. The summed E-state index contributed by atoms with van der Waals surface area (Å²) in [6.07, 6.45) is 3.28. The molecule has 4 rings (SSSR count). The van der Waals surface area contributed by atoms with Crippen molar-refractivity contribution in [2.45, 2.75) is 24.7 Å². The number of hydrogen-bond acceptors (Lipinski definition) is 3. The molecule has 0 radical (unpaired) electrons. The van der Waals surface area contributed by atoms with E-state index in [1.54, 1.807) is 0 Å². The average molecular weight is 300 g/mol.